The fourth-order valence-corrected chi connectivity index (χ4v) is 1.60. The van der Waals surface area contributed by atoms with E-state index in [0.717, 1.165) is 10.8 Å². The van der Waals surface area contributed by atoms with Crippen molar-refractivity contribution in [2.75, 3.05) is 22.9 Å². The van der Waals surface area contributed by atoms with Gasteiger partial charge >= 0.3 is 0 Å². The number of benzene rings is 2. The number of hydrogen-bond donors (Lipinski definition) is 4. The van der Waals surface area contributed by atoms with Crippen molar-refractivity contribution in [2.45, 2.75) is 0 Å². The van der Waals surface area contributed by atoms with Gasteiger partial charge in [0.15, 0.2) is 0 Å². The van der Waals surface area contributed by atoms with Crippen LogP contribution in [0.2, 0.25) is 0 Å². The second-order valence-corrected chi connectivity index (χ2v) is 3.24. The van der Waals surface area contributed by atoms with Crippen LogP contribution in [0.3, 0.4) is 0 Å². The molecule has 0 aliphatic heterocycles. The molecule has 2 rings (SSSR count). The van der Waals surface area contributed by atoms with Gasteiger partial charge in [0, 0.05) is 33.5 Å². The quantitative estimate of drug-likeness (QED) is 0.556. The number of rotatable bonds is 0. The zero-order chi connectivity index (χ0) is 10.3. The molecule has 8 N–H and O–H groups in total. The van der Waals surface area contributed by atoms with Crippen LogP contribution in [-0.2, 0) is 0 Å². The van der Waals surface area contributed by atoms with Crippen LogP contribution in [0.15, 0.2) is 24.3 Å². The maximum Gasteiger partial charge on any atom is 0.0416 e. The van der Waals surface area contributed by atoms with Gasteiger partial charge < -0.3 is 22.9 Å². The van der Waals surface area contributed by atoms with E-state index in [0.29, 0.717) is 22.7 Å². The molecule has 0 aromatic heterocycles. The molecule has 0 aliphatic rings. The molecule has 18 heavy (non-hydrogen) atoms. The molecule has 0 amide bonds. The van der Waals surface area contributed by atoms with Crippen LogP contribution >= 0.6 is 49.6 Å². The zero-order valence-corrected chi connectivity index (χ0v) is 12.5. The predicted molar refractivity (Wildman–Crippen MR) is 90.6 cm³/mol. The van der Waals surface area contributed by atoms with Crippen LogP contribution in [0.5, 0.6) is 0 Å². The normalized spacial score (nSPS) is 8.22. The van der Waals surface area contributed by atoms with E-state index in [1.54, 1.807) is 24.3 Å². The minimum absolute atomic E-state index is 0. The third-order valence-corrected chi connectivity index (χ3v) is 2.29. The molecule has 0 bridgehead atoms. The summed E-state index contributed by atoms with van der Waals surface area (Å²) in [6.07, 6.45) is 0. The van der Waals surface area contributed by atoms with E-state index in [9.17, 15) is 0 Å². The summed E-state index contributed by atoms with van der Waals surface area (Å²) in [5, 5.41) is 1.48. The van der Waals surface area contributed by atoms with Crippen molar-refractivity contribution in [3.05, 3.63) is 24.3 Å². The fourth-order valence-electron chi connectivity index (χ4n) is 1.60. The van der Waals surface area contributed by atoms with Crippen molar-refractivity contribution < 1.29 is 0 Å². The largest absolute Gasteiger partial charge is 0.398 e. The summed E-state index contributed by atoms with van der Waals surface area (Å²) in [4.78, 5) is 0. The van der Waals surface area contributed by atoms with Gasteiger partial charge in [-0.1, -0.05) is 0 Å². The zero-order valence-electron chi connectivity index (χ0n) is 9.25. The van der Waals surface area contributed by atoms with Crippen LogP contribution in [0.25, 0.3) is 10.8 Å². The molecule has 104 valence electrons. The van der Waals surface area contributed by atoms with Crippen LogP contribution in [-0.4, -0.2) is 0 Å². The van der Waals surface area contributed by atoms with E-state index in [-0.39, 0.29) is 49.6 Å². The Hall–Kier alpha value is -0.940. The molecule has 8 heteroatoms. The number of halogens is 4. The standard InChI is InChI=1S/C10H12N4.4ClH/c11-5-1-2-6(12)10-8(14)4-3-7(13)9(5)10;;;;/h1-4H,11-14H2;4*1H. The first-order valence-corrected chi connectivity index (χ1v) is 4.23. The number of fused-ring (bicyclic) bond motifs is 1. The number of hydrogen-bond acceptors (Lipinski definition) is 4. The summed E-state index contributed by atoms with van der Waals surface area (Å²) < 4.78 is 0. The van der Waals surface area contributed by atoms with Gasteiger partial charge in [-0.2, -0.15) is 0 Å². The lowest BCUT2D eigenvalue weighted by Gasteiger charge is -2.10. The molecule has 2 aromatic rings. The Morgan fingerprint density at radius 2 is 0.611 bits per heavy atom. The first kappa shape index (κ1) is 22.3. The summed E-state index contributed by atoms with van der Waals surface area (Å²) in [6.45, 7) is 0. The predicted octanol–water partition coefficient (Wildman–Crippen LogP) is 2.86. The van der Waals surface area contributed by atoms with Crippen molar-refractivity contribution >= 4 is 83.2 Å². The lowest BCUT2D eigenvalue weighted by atomic mass is 10.0. The van der Waals surface area contributed by atoms with E-state index in [2.05, 4.69) is 0 Å². The van der Waals surface area contributed by atoms with Gasteiger partial charge in [-0.3, -0.25) is 0 Å². The third kappa shape index (κ3) is 3.53. The molecule has 0 saturated carbocycles. The third-order valence-electron chi connectivity index (χ3n) is 2.29. The van der Waals surface area contributed by atoms with E-state index in [1.165, 1.54) is 0 Å². The summed E-state index contributed by atoms with van der Waals surface area (Å²) in [5.74, 6) is 0. The lowest BCUT2D eigenvalue weighted by Crippen LogP contribution is -1.99. The minimum atomic E-state index is 0. The number of nitrogen functional groups attached to an aromatic ring is 4. The second-order valence-electron chi connectivity index (χ2n) is 3.24. The van der Waals surface area contributed by atoms with Crippen molar-refractivity contribution in [2.24, 2.45) is 0 Å². The van der Waals surface area contributed by atoms with Gasteiger partial charge in [-0.05, 0) is 24.3 Å². The molecule has 0 spiro atoms. The average Bonchev–Trinajstić information content (AvgIpc) is 2.16. The second kappa shape index (κ2) is 8.21. The molecular formula is C10H16Cl4N4. The minimum Gasteiger partial charge on any atom is -0.398 e. The Morgan fingerprint density at radius 3 is 0.778 bits per heavy atom. The maximum atomic E-state index is 5.80. The molecule has 0 atom stereocenters. The van der Waals surface area contributed by atoms with Crippen LogP contribution in [0.1, 0.15) is 0 Å². The van der Waals surface area contributed by atoms with Gasteiger partial charge in [0.25, 0.3) is 0 Å². The highest BCUT2D eigenvalue weighted by molar-refractivity contribution is 6.12. The molecule has 0 fully saturated rings. The Bertz CT molecular complexity index is 429. The molecule has 0 unspecified atom stereocenters. The van der Waals surface area contributed by atoms with Crippen molar-refractivity contribution in [1.82, 2.24) is 0 Å². The summed E-state index contributed by atoms with van der Waals surface area (Å²) >= 11 is 0. The molecule has 0 heterocycles. The molecule has 4 nitrogen and oxygen atoms in total. The van der Waals surface area contributed by atoms with Gasteiger partial charge in [-0.15, -0.1) is 49.6 Å². The van der Waals surface area contributed by atoms with E-state index in [4.69, 9.17) is 22.9 Å². The SMILES string of the molecule is Cl.Cl.Cl.Cl.Nc1ccc(N)c2c(N)ccc(N)c12. The first-order chi connectivity index (χ1) is 6.61. The van der Waals surface area contributed by atoms with Crippen LogP contribution < -0.4 is 22.9 Å². The average molecular weight is 334 g/mol. The van der Waals surface area contributed by atoms with E-state index in [1.807, 2.05) is 0 Å². The lowest BCUT2D eigenvalue weighted by molar-refractivity contribution is 1.69. The van der Waals surface area contributed by atoms with Crippen molar-refractivity contribution in [3.63, 3.8) is 0 Å². The highest BCUT2D eigenvalue weighted by Gasteiger charge is 2.07. The monoisotopic (exact) mass is 332 g/mol. The summed E-state index contributed by atoms with van der Waals surface area (Å²) in [6, 6.07) is 6.92. The highest BCUT2D eigenvalue weighted by atomic mass is 35.5. The van der Waals surface area contributed by atoms with Crippen molar-refractivity contribution in [1.29, 1.82) is 0 Å². The maximum absolute atomic E-state index is 5.80. The smallest absolute Gasteiger partial charge is 0.0416 e. The van der Waals surface area contributed by atoms with Gasteiger partial charge in [0.1, 0.15) is 0 Å². The molecule has 2 aromatic carbocycles. The molecule has 0 aliphatic carbocycles. The Labute approximate surface area is 130 Å². The summed E-state index contributed by atoms with van der Waals surface area (Å²) in [5.41, 5.74) is 25.6. The summed E-state index contributed by atoms with van der Waals surface area (Å²) in [7, 11) is 0. The van der Waals surface area contributed by atoms with Gasteiger partial charge in [-0.25, -0.2) is 0 Å². The molecule has 0 radical (unpaired) electrons. The topological polar surface area (TPSA) is 104 Å². The van der Waals surface area contributed by atoms with Gasteiger partial charge in [0.05, 0.1) is 0 Å². The Balaban J connectivity index is -0.000000562. The van der Waals surface area contributed by atoms with Crippen LogP contribution in [0, 0.1) is 0 Å². The molecular weight excluding hydrogens is 318 g/mol. The van der Waals surface area contributed by atoms with E-state index >= 15 is 0 Å². The van der Waals surface area contributed by atoms with Crippen LogP contribution in [0.4, 0.5) is 22.7 Å². The Kier molecular flexibility index (Phi) is 10.2. The van der Waals surface area contributed by atoms with Crippen molar-refractivity contribution in [3.8, 4) is 0 Å². The Morgan fingerprint density at radius 1 is 0.444 bits per heavy atom. The van der Waals surface area contributed by atoms with E-state index < -0.39 is 0 Å². The number of anilines is 4. The first-order valence-electron chi connectivity index (χ1n) is 4.23. The number of nitrogens with two attached hydrogens (primary N) is 4. The van der Waals surface area contributed by atoms with Gasteiger partial charge in [0.2, 0.25) is 0 Å². The molecule has 0 saturated heterocycles. The highest BCUT2D eigenvalue weighted by Crippen LogP contribution is 2.34. The fraction of sp³-hybridized carbons (Fsp3) is 0.